The number of nitrogens with zero attached hydrogens (tertiary/aromatic N) is 5. The second-order valence-corrected chi connectivity index (χ2v) is 14.8. The molecular formula is C33H47ClN8O10PS2+. The van der Waals surface area contributed by atoms with Crippen LogP contribution in [0, 0.1) is 0 Å². The number of aromatic hydroxyl groups is 2. The highest BCUT2D eigenvalue weighted by atomic mass is 35.5. The average molecular weight is 846 g/mol. The highest BCUT2D eigenvalue weighted by Gasteiger charge is 2.55. The lowest BCUT2D eigenvalue weighted by Crippen LogP contribution is -2.71. The SMILES string of the molecule is CC.COC(=O)C1=C(C[N+]2(CCNC(=O)c3ccc(O)c(O)c3Cl)CCCC2)CSC2C(NC(=O)/C(=N\OC(C)(C)C(=O)O)c3nsc(N)n3)C(=O)N12.CP. The molecule has 55 heavy (non-hydrogen) atoms. The van der Waals surface area contributed by atoms with Crippen LogP contribution in [0.1, 0.15) is 56.7 Å². The van der Waals surface area contributed by atoms with Gasteiger partial charge in [0.1, 0.15) is 23.7 Å². The number of nitrogens with one attached hydrogen (secondary N) is 2. The maximum atomic E-state index is 13.6. The molecule has 7 N–H and O–H groups in total. The maximum Gasteiger partial charge on any atom is 0.355 e. The number of hydrogen-bond acceptors (Lipinski definition) is 15. The van der Waals surface area contributed by atoms with Crippen molar-refractivity contribution in [1.29, 1.82) is 0 Å². The molecule has 0 bridgehead atoms. The van der Waals surface area contributed by atoms with Gasteiger partial charge in [0.25, 0.3) is 17.7 Å². The second kappa shape index (κ2) is 19.6. The van der Waals surface area contributed by atoms with E-state index in [1.807, 2.05) is 20.5 Å². The fraction of sp³-hybridized carbons (Fsp3) is 0.515. The fourth-order valence-corrected chi connectivity index (χ4v) is 7.93. The quantitative estimate of drug-likeness (QED) is 0.0322. The molecule has 3 aliphatic heterocycles. The number of phenols is 2. The van der Waals surface area contributed by atoms with Crippen LogP contribution in [-0.4, -0.2) is 139 Å². The van der Waals surface area contributed by atoms with Gasteiger partial charge in [0.05, 0.1) is 43.9 Å². The monoisotopic (exact) mass is 845 g/mol. The van der Waals surface area contributed by atoms with Crippen molar-refractivity contribution < 1.29 is 53.3 Å². The van der Waals surface area contributed by atoms with Crippen molar-refractivity contribution in [3.8, 4) is 11.5 Å². The molecule has 3 aliphatic rings. The zero-order chi connectivity index (χ0) is 41.2. The van der Waals surface area contributed by atoms with Gasteiger partial charge in [0, 0.05) is 35.7 Å². The number of benzene rings is 1. The molecule has 302 valence electrons. The van der Waals surface area contributed by atoms with Gasteiger partial charge in [-0.1, -0.05) is 37.3 Å². The summed E-state index contributed by atoms with van der Waals surface area (Å²) in [6, 6.07) is 1.39. The van der Waals surface area contributed by atoms with Gasteiger partial charge in [-0.3, -0.25) is 19.3 Å². The van der Waals surface area contributed by atoms with E-state index in [9.17, 15) is 39.3 Å². The zero-order valence-corrected chi connectivity index (χ0v) is 34.8. The molecule has 3 unspecified atom stereocenters. The highest BCUT2D eigenvalue weighted by molar-refractivity contribution is 8.00. The van der Waals surface area contributed by atoms with Crippen LogP contribution in [0.25, 0.3) is 0 Å². The van der Waals surface area contributed by atoms with Gasteiger partial charge < -0.3 is 45.7 Å². The number of hydrogen-bond donors (Lipinski definition) is 6. The number of carbonyl (C=O) groups is 5. The number of thioether (sulfide) groups is 1. The van der Waals surface area contributed by atoms with Gasteiger partial charge in [-0.15, -0.1) is 21.0 Å². The van der Waals surface area contributed by atoms with Crippen LogP contribution in [0.5, 0.6) is 11.5 Å². The van der Waals surface area contributed by atoms with E-state index in [-0.39, 0.29) is 33.8 Å². The van der Waals surface area contributed by atoms with E-state index in [2.05, 4.69) is 34.4 Å². The van der Waals surface area contributed by atoms with Crippen LogP contribution < -0.4 is 16.4 Å². The Bertz CT molecular complexity index is 1840. The van der Waals surface area contributed by atoms with Crippen molar-refractivity contribution in [2.75, 3.05) is 58.0 Å². The number of aromatic nitrogens is 2. The first-order valence-corrected chi connectivity index (χ1v) is 20.5. The fourth-order valence-electron chi connectivity index (χ4n) is 5.92. The van der Waals surface area contributed by atoms with E-state index < -0.39 is 63.9 Å². The van der Waals surface area contributed by atoms with Crippen LogP contribution in [0.4, 0.5) is 5.13 Å². The third kappa shape index (κ3) is 10.2. The van der Waals surface area contributed by atoms with Crippen molar-refractivity contribution in [3.63, 3.8) is 0 Å². The zero-order valence-electron chi connectivity index (χ0n) is 31.3. The number of nitrogen functional groups attached to an aromatic ring is 1. The first-order valence-electron chi connectivity index (χ1n) is 17.2. The number of carbonyl (C=O) groups excluding carboxylic acids is 4. The van der Waals surface area contributed by atoms with Gasteiger partial charge in [-0.2, -0.15) is 9.36 Å². The molecule has 0 aliphatic carbocycles. The number of anilines is 1. The molecule has 2 saturated heterocycles. The first-order chi connectivity index (χ1) is 26.1. The number of aliphatic carboxylic acids is 1. The van der Waals surface area contributed by atoms with Gasteiger partial charge in [0.15, 0.2) is 16.6 Å². The topological polar surface area (TPSA) is 256 Å². The predicted octanol–water partition coefficient (Wildman–Crippen LogP) is 2.15. The van der Waals surface area contributed by atoms with Crippen molar-refractivity contribution in [1.82, 2.24) is 24.9 Å². The van der Waals surface area contributed by atoms with Crippen molar-refractivity contribution in [3.05, 3.63) is 39.8 Å². The number of ether oxygens (including phenoxy) is 1. The van der Waals surface area contributed by atoms with E-state index in [0.717, 1.165) is 37.5 Å². The number of carboxylic acid groups (broad SMARTS) is 1. The van der Waals surface area contributed by atoms with Crippen LogP contribution in [0.2, 0.25) is 5.02 Å². The minimum absolute atomic E-state index is 0.00489. The minimum Gasteiger partial charge on any atom is -0.504 e. The number of amides is 3. The standard InChI is InChI=1S/C30H35ClN8O10S2.C2H6.CH5P/c1-30(2,28(46)47)49-36-18(22-35-29(32)51-37-22)24(43)34-19-25(44)38-20(27(45)48-3)14(13-50-26(19)38)12-39(9-4-5-10-39)11-8-33-23(42)15-6-7-16(40)21(41)17(15)31;2*1-2/h6-7,19,26H,4-5,8-13H2,1-3H3,(H6-,32,33,34,35,36,37,40,41,42,43,46,47);1-2H3;2H2,1H3/p+1. The Morgan fingerprint density at radius 2 is 1.84 bits per heavy atom. The predicted molar refractivity (Wildman–Crippen MR) is 211 cm³/mol. The van der Waals surface area contributed by atoms with Crippen LogP contribution in [-0.2, 0) is 28.8 Å². The van der Waals surface area contributed by atoms with E-state index >= 15 is 0 Å². The molecule has 5 rings (SSSR count). The molecule has 22 heteroatoms. The Kier molecular flexibility index (Phi) is 16.1. The number of β-lactam (4-membered cyclic amide) rings is 1. The molecule has 18 nitrogen and oxygen atoms in total. The van der Waals surface area contributed by atoms with Gasteiger partial charge >= 0.3 is 11.9 Å². The van der Waals surface area contributed by atoms with E-state index in [4.69, 9.17) is 26.9 Å². The summed E-state index contributed by atoms with van der Waals surface area (Å²) in [5.41, 5.74) is 4.15. The number of rotatable bonds is 13. The van der Waals surface area contributed by atoms with Gasteiger partial charge in [0.2, 0.25) is 17.1 Å². The lowest BCUT2D eigenvalue weighted by Gasteiger charge is -2.50. The summed E-state index contributed by atoms with van der Waals surface area (Å²) in [5.74, 6) is -5.02. The third-order valence-electron chi connectivity index (χ3n) is 8.71. The Labute approximate surface area is 333 Å². The number of oxime groups is 1. The Morgan fingerprint density at radius 1 is 1.18 bits per heavy atom. The molecule has 1 aromatic carbocycles. The highest BCUT2D eigenvalue weighted by Crippen LogP contribution is 2.42. The molecule has 1 aromatic heterocycles. The summed E-state index contributed by atoms with van der Waals surface area (Å²) in [6.07, 6.45) is 1.82. The molecule has 0 saturated carbocycles. The minimum atomic E-state index is -1.81. The molecular weight excluding hydrogens is 799 g/mol. The van der Waals surface area contributed by atoms with Crippen LogP contribution in [0.3, 0.4) is 0 Å². The summed E-state index contributed by atoms with van der Waals surface area (Å²) < 4.78 is 9.59. The third-order valence-corrected chi connectivity index (χ3v) is 11.0. The molecule has 2 aromatic rings. The second-order valence-electron chi connectivity index (χ2n) is 12.5. The average Bonchev–Trinajstić information content (AvgIpc) is 3.82. The summed E-state index contributed by atoms with van der Waals surface area (Å²) in [6.45, 7) is 11.0. The number of phenolic OH excluding ortho intramolecular Hbond substituents is 2. The van der Waals surface area contributed by atoms with E-state index in [1.165, 1.54) is 49.8 Å². The molecule has 2 fully saturated rings. The number of carboxylic acids is 1. The molecule has 4 heterocycles. The summed E-state index contributed by atoms with van der Waals surface area (Å²) in [5, 5.41) is 37.1. The number of halogens is 1. The van der Waals surface area contributed by atoms with Crippen LogP contribution in [0.15, 0.2) is 28.6 Å². The molecule has 3 atom stereocenters. The van der Waals surface area contributed by atoms with Crippen molar-refractivity contribution >= 4 is 84.6 Å². The molecule has 0 spiro atoms. The number of methoxy groups -OCH3 is 1. The Balaban J connectivity index is 0.00000196. The molecule has 3 amide bonds. The maximum absolute atomic E-state index is 13.6. The van der Waals surface area contributed by atoms with E-state index in [1.54, 1.807) is 0 Å². The van der Waals surface area contributed by atoms with E-state index in [0.29, 0.717) is 28.9 Å². The lowest BCUT2D eigenvalue weighted by atomic mass is 10.0. The Hall–Kier alpha value is -4.23. The number of esters is 1. The summed E-state index contributed by atoms with van der Waals surface area (Å²) in [7, 11) is 3.63. The largest absolute Gasteiger partial charge is 0.504 e. The van der Waals surface area contributed by atoms with Crippen molar-refractivity contribution in [2.24, 2.45) is 5.16 Å². The van der Waals surface area contributed by atoms with Gasteiger partial charge in [-0.05, 0) is 26.0 Å². The number of nitrogens with two attached hydrogens (primary N) is 1. The first kappa shape index (κ1) is 45.2. The number of quaternary nitrogens is 1. The normalized spacial score (nSPS) is 18.7. The van der Waals surface area contributed by atoms with Crippen molar-refractivity contribution in [2.45, 2.75) is 57.6 Å². The van der Waals surface area contributed by atoms with Gasteiger partial charge in [-0.25, -0.2) is 9.59 Å². The van der Waals surface area contributed by atoms with Crippen LogP contribution >= 0.6 is 44.1 Å². The number of likely N-dealkylation sites (tertiary alicyclic amines) is 1. The lowest BCUT2D eigenvalue weighted by molar-refractivity contribution is -0.911. The molecule has 0 radical (unpaired) electrons. The summed E-state index contributed by atoms with van der Waals surface area (Å²) in [4.78, 5) is 75.0. The smallest absolute Gasteiger partial charge is 0.355 e. The Morgan fingerprint density at radius 3 is 2.42 bits per heavy atom. The summed E-state index contributed by atoms with van der Waals surface area (Å²) >= 11 is 8.17. The number of fused-ring (bicyclic) bond motifs is 1.